The summed E-state index contributed by atoms with van der Waals surface area (Å²) in [6, 6.07) is 0. The van der Waals surface area contributed by atoms with Crippen LogP contribution in [0.2, 0.25) is 0 Å². The number of carbonyl (C=O) groups is 2. The second kappa shape index (κ2) is 6.31. The van der Waals surface area contributed by atoms with Gasteiger partial charge in [-0.05, 0) is 0 Å². The van der Waals surface area contributed by atoms with Crippen molar-refractivity contribution in [1.82, 2.24) is 5.32 Å². The van der Waals surface area contributed by atoms with Crippen molar-refractivity contribution < 1.29 is 30.0 Å². The van der Waals surface area contributed by atoms with Gasteiger partial charge in [-0.3, -0.25) is 4.79 Å². The monoisotopic (exact) mass is 277 g/mol. The third kappa shape index (κ3) is 4.77. The first kappa shape index (κ1) is 17.8. The van der Waals surface area contributed by atoms with Gasteiger partial charge in [-0.2, -0.15) is 0 Å². The second-order valence-electron chi connectivity index (χ2n) is 6.00. The summed E-state index contributed by atoms with van der Waals surface area (Å²) in [5.41, 5.74) is -2.08. The fraction of sp³-hybridized carbons (Fsp3) is 0.833. The molecule has 0 rings (SSSR count). The number of rotatable bonds is 7. The van der Waals surface area contributed by atoms with Gasteiger partial charge in [0.05, 0.1) is 6.61 Å². The van der Waals surface area contributed by atoms with Crippen molar-refractivity contribution >= 4 is 11.9 Å². The number of aliphatic hydroxyl groups is 3. The molecule has 0 aliphatic rings. The van der Waals surface area contributed by atoms with Crippen LogP contribution in [0.5, 0.6) is 0 Å². The molecule has 0 saturated heterocycles. The Hall–Kier alpha value is -1.18. The van der Waals surface area contributed by atoms with Crippen LogP contribution in [0.1, 0.15) is 27.7 Å². The SMILES string of the molecule is CC(C)(CNC(=O)C(O)C(C)(C)CO)C(O)C(=O)O. The van der Waals surface area contributed by atoms with Crippen LogP contribution in [-0.2, 0) is 9.59 Å². The summed E-state index contributed by atoms with van der Waals surface area (Å²) in [7, 11) is 0. The van der Waals surface area contributed by atoms with Crippen molar-refractivity contribution in [2.24, 2.45) is 10.8 Å². The molecule has 0 heterocycles. The Morgan fingerprint density at radius 1 is 1.05 bits per heavy atom. The minimum absolute atomic E-state index is 0.113. The molecular formula is C12H23NO6. The van der Waals surface area contributed by atoms with Crippen LogP contribution in [-0.4, -0.2) is 57.7 Å². The zero-order chi connectivity index (χ0) is 15.4. The van der Waals surface area contributed by atoms with Crippen LogP contribution < -0.4 is 5.32 Å². The molecule has 2 unspecified atom stereocenters. The lowest BCUT2D eigenvalue weighted by atomic mass is 9.85. The molecule has 0 fully saturated rings. The summed E-state index contributed by atoms with van der Waals surface area (Å²) in [6.07, 6.45) is -3.05. The Labute approximate surface area is 112 Å². The van der Waals surface area contributed by atoms with Crippen molar-refractivity contribution in [2.45, 2.75) is 39.9 Å². The number of nitrogens with one attached hydrogen (secondary N) is 1. The number of amides is 1. The fourth-order valence-electron chi connectivity index (χ4n) is 1.28. The minimum atomic E-state index is -1.63. The van der Waals surface area contributed by atoms with Crippen LogP contribution >= 0.6 is 0 Å². The molecule has 112 valence electrons. The van der Waals surface area contributed by atoms with Crippen LogP contribution in [0, 0.1) is 10.8 Å². The molecule has 0 aromatic rings. The van der Waals surface area contributed by atoms with Gasteiger partial charge in [0, 0.05) is 17.4 Å². The molecule has 19 heavy (non-hydrogen) atoms. The van der Waals surface area contributed by atoms with Crippen LogP contribution in [0.15, 0.2) is 0 Å². The average molecular weight is 277 g/mol. The Kier molecular flexibility index (Phi) is 5.92. The van der Waals surface area contributed by atoms with E-state index in [9.17, 15) is 19.8 Å². The van der Waals surface area contributed by atoms with Crippen molar-refractivity contribution in [2.75, 3.05) is 13.2 Å². The summed E-state index contributed by atoms with van der Waals surface area (Å²) in [5, 5.41) is 39.3. The van der Waals surface area contributed by atoms with E-state index in [-0.39, 0.29) is 13.2 Å². The maximum atomic E-state index is 11.7. The molecule has 1 amide bonds. The smallest absolute Gasteiger partial charge is 0.333 e. The van der Waals surface area contributed by atoms with E-state index in [1.165, 1.54) is 27.7 Å². The Bertz CT molecular complexity index is 339. The summed E-state index contributed by atoms with van der Waals surface area (Å²) in [5.74, 6) is -2.10. The Morgan fingerprint density at radius 2 is 1.53 bits per heavy atom. The summed E-state index contributed by atoms with van der Waals surface area (Å²) in [4.78, 5) is 22.4. The molecular weight excluding hydrogens is 254 g/mol. The van der Waals surface area contributed by atoms with E-state index in [1.807, 2.05) is 0 Å². The van der Waals surface area contributed by atoms with Crippen molar-refractivity contribution in [3.05, 3.63) is 0 Å². The Balaban J connectivity index is 4.57. The molecule has 0 saturated carbocycles. The molecule has 0 aliphatic heterocycles. The third-order valence-electron chi connectivity index (χ3n) is 3.09. The largest absolute Gasteiger partial charge is 0.479 e. The van der Waals surface area contributed by atoms with E-state index in [2.05, 4.69) is 5.32 Å². The average Bonchev–Trinajstić information content (AvgIpc) is 2.33. The summed E-state index contributed by atoms with van der Waals surface area (Å²) >= 11 is 0. The van der Waals surface area contributed by atoms with E-state index in [0.717, 1.165) is 0 Å². The zero-order valence-corrected chi connectivity index (χ0v) is 11.7. The van der Waals surface area contributed by atoms with Crippen LogP contribution in [0.3, 0.4) is 0 Å². The Morgan fingerprint density at radius 3 is 1.89 bits per heavy atom. The highest BCUT2D eigenvalue weighted by Gasteiger charge is 2.37. The predicted octanol–water partition coefficient (Wildman–Crippen LogP) is -1.05. The molecule has 0 radical (unpaired) electrons. The number of carboxylic acids is 1. The van der Waals surface area contributed by atoms with Gasteiger partial charge in [-0.15, -0.1) is 0 Å². The first-order valence-corrected chi connectivity index (χ1v) is 5.93. The van der Waals surface area contributed by atoms with Crippen molar-refractivity contribution in [3.63, 3.8) is 0 Å². The van der Waals surface area contributed by atoms with Crippen molar-refractivity contribution in [3.8, 4) is 0 Å². The first-order chi connectivity index (χ1) is 8.45. The number of aliphatic carboxylic acids is 1. The molecule has 5 N–H and O–H groups in total. The maximum absolute atomic E-state index is 11.7. The van der Waals surface area contributed by atoms with E-state index in [0.29, 0.717) is 0 Å². The van der Waals surface area contributed by atoms with Gasteiger partial charge >= 0.3 is 5.97 Å². The minimum Gasteiger partial charge on any atom is -0.479 e. The van der Waals surface area contributed by atoms with Gasteiger partial charge in [0.25, 0.3) is 0 Å². The van der Waals surface area contributed by atoms with E-state index >= 15 is 0 Å². The fourth-order valence-corrected chi connectivity index (χ4v) is 1.28. The number of carbonyl (C=O) groups excluding carboxylic acids is 1. The molecule has 0 aromatic carbocycles. The molecule has 0 spiro atoms. The van der Waals surface area contributed by atoms with Crippen LogP contribution in [0.4, 0.5) is 0 Å². The highest BCUT2D eigenvalue weighted by Crippen LogP contribution is 2.22. The number of aliphatic hydroxyl groups excluding tert-OH is 3. The molecule has 0 aliphatic carbocycles. The first-order valence-electron chi connectivity index (χ1n) is 5.93. The maximum Gasteiger partial charge on any atom is 0.333 e. The summed E-state index contributed by atoms with van der Waals surface area (Å²) in [6.45, 7) is 5.52. The van der Waals surface area contributed by atoms with Gasteiger partial charge in [-0.25, -0.2) is 4.79 Å². The van der Waals surface area contributed by atoms with Gasteiger partial charge < -0.3 is 25.7 Å². The predicted molar refractivity (Wildman–Crippen MR) is 67.3 cm³/mol. The highest BCUT2D eigenvalue weighted by atomic mass is 16.4. The standard InChI is InChI=1S/C12H23NO6/c1-11(2,8(16)10(18)19)5-13-9(17)7(15)12(3,4)6-14/h7-8,14-16H,5-6H2,1-4H3,(H,13,17)(H,18,19). The molecule has 7 heteroatoms. The van der Waals surface area contributed by atoms with E-state index < -0.39 is 34.9 Å². The number of hydrogen-bond acceptors (Lipinski definition) is 5. The topological polar surface area (TPSA) is 127 Å². The third-order valence-corrected chi connectivity index (χ3v) is 3.09. The quantitative estimate of drug-likeness (QED) is 0.404. The lowest BCUT2D eigenvalue weighted by Crippen LogP contribution is -2.50. The number of carboxylic acid groups (broad SMARTS) is 1. The van der Waals surface area contributed by atoms with E-state index in [4.69, 9.17) is 10.2 Å². The second-order valence-corrected chi connectivity index (χ2v) is 6.00. The lowest BCUT2D eigenvalue weighted by Gasteiger charge is -2.31. The van der Waals surface area contributed by atoms with Gasteiger partial charge in [0.2, 0.25) is 5.91 Å². The van der Waals surface area contributed by atoms with E-state index in [1.54, 1.807) is 0 Å². The normalized spacial score (nSPS) is 15.7. The zero-order valence-electron chi connectivity index (χ0n) is 11.7. The molecule has 0 aromatic heterocycles. The summed E-state index contributed by atoms with van der Waals surface area (Å²) < 4.78 is 0. The van der Waals surface area contributed by atoms with Crippen LogP contribution in [0.25, 0.3) is 0 Å². The molecule has 7 nitrogen and oxygen atoms in total. The van der Waals surface area contributed by atoms with Gasteiger partial charge in [0.1, 0.15) is 6.10 Å². The molecule has 0 bridgehead atoms. The van der Waals surface area contributed by atoms with Gasteiger partial charge in [0.15, 0.2) is 6.10 Å². The highest BCUT2D eigenvalue weighted by molar-refractivity contribution is 5.81. The van der Waals surface area contributed by atoms with Crippen molar-refractivity contribution in [1.29, 1.82) is 0 Å². The number of hydrogen-bond donors (Lipinski definition) is 5. The lowest BCUT2D eigenvalue weighted by molar-refractivity contribution is -0.154. The molecule has 2 atom stereocenters. The van der Waals surface area contributed by atoms with Gasteiger partial charge in [-0.1, -0.05) is 27.7 Å².